The Morgan fingerprint density at radius 1 is 1.24 bits per heavy atom. The van der Waals surface area contributed by atoms with Crippen LogP contribution < -0.4 is 20.3 Å². The number of nitrogens with zero attached hydrogens (tertiary/aromatic N) is 2. The van der Waals surface area contributed by atoms with Crippen LogP contribution in [0.1, 0.15) is 43.5 Å². The van der Waals surface area contributed by atoms with Crippen LogP contribution in [0.25, 0.3) is 11.1 Å². The molecule has 1 aliphatic carbocycles. The fraction of sp³-hybridized carbons (Fsp3) is 0.480. The van der Waals surface area contributed by atoms with Gasteiger partial charge < -0.3 is 25.4 Å². The monoisotopic (exact) mass is 542 g/mol. The number of amides is 2. The highest BCUT2D eigenvalue weighted by molar-refractivity contribution is 6.04. The molecule has 2 aromatic rings. The van der Waals surface area contributed by atoms with Crippen LogP contribution in [0.3, 0.4) is 0 Å². The van der Waals surface area contributed by atoms with E-state index < -0.39 is 47.8 Å². The fourth-order valence-corrected chi connectivity index (χ4v) is 4.71. The molecule has 3 N–H and O–H groups in total. The van der Waals surface area contributed by atoms with Crippen molar-refractivity contribution >= 4 is 17.7 Å². The van der Waals surface area contributed by atoms with Crippen LogP contribution in [0.5, 0.6) is 5.88 Å². The van der Waals surface area contributed by atoms with Crippen molar-refractivity contribution in [1.82, 2.24) is 15.6 Å². The summed E-state index contributed by atoms with van der Waals surface area (Å²) in [7, 11) is 0. The molecule has 13 heteroatoms. The zero-order valence-corrected chi connectivity index (χ0v) is 20.7. The number of hydrogen-bond donors (Lipinski definition) is 3. The lowest BCUT2D eigenvalue weighted by molar-refractivity contribution is -0.154. The highest BCUT2D eigenvalue weighted by Crippen LogP contribution is 2.43. The summed E-state index contributed by atoms with van der Waals surface area (Å²) in [6.07, 6.45) is -2.78. The molecule has 0 bridgehead atoms. The second-order valence-electron chi connectivity index (χ2n) is 10.0. The van der Waals surface area contributed by atoms with Crippen LogP contribution >= 0.6 is 0 Å². The third kappa shape index (κ3) is 6.43. The average Bonchev–Trinajstić information content (AvgIpc) is 3.58. The maximum atomic E-state index is 14.3. The Balaban J connectivity index is 1.88. The number of pyridine rings is 1. The summed E-state index contributed by atoms with van der Waals surface area (Å²) in [5.41, 5.74) is -1.37. The third-order valence-electron chi connectivity index (χ3n) is 6.67. The second kappa shape index (κ2) is 10.3. The van der Waals surface area contributed by atoms with Crippen molar-refractivity contribution in [3.63, 3.8) is 0 Å². The quantitative estimate of drug-likeness (QED) is 0.417. The van der Waals surface area contributed by atoms with Gasteiger partial charge in [-0.3, -0.25) is 4.79 Å². The third-order valence-corrected chi connectivity index (χ3v) is 6.67. The number of carboxylic acid groups (broad SMARTS) is 1. The molecule has 8 nitrogen and oxygen atoms in total. The number of rotatable bonds is 8. The lowest BCUT2D eigenvalue weighted by Crippen LogP contribution is -2.47. The maximum Gasteiger partial charge on any atom is 0.422 e. The van der Waals surface area contributed by atoms with Gasteiger partial charge >= 0.3 is 12.3 Å². The van der Waals surface area contributed by atoms with Crippen LogP contribution in [-0.4, -0.2) is 59.5 Å². The molecule has 38 heavy (non-hydrogen) atoms. The lowest BCUT2D eigenvalue weighted by Gasteiger charge is -2.29. The van der Waals surface area contributed by atoms with Crippen molar-refractivity contribution in [1.29, 1.82) is 0 Å². The largest absolute Gasteiger partial charge is 0.468 e. The van der Waals surface area contributed by atoms with Crippen molar-refractivity contribution < 1.29 is 41.4 Å². The molecule has 0 spiro atoms. The lowest BCUT2D eigenvalue weighted by atomic mass is 9.99. The fourth-order valence-electron chi connectivity index (χ4n) is 4.71. The summed E-state index contributed by atoms with van der Waals surface area (Å²) in [6.45, 7) is 1.94. The van der Waals surface area contributed by atoms with Crippen LogP contribution in [0.15, 0.2) is 24.4 Å². The van der Waals surface area contributed by atoms with Crippen LogP contribution in [0, 0.1) is 17.6 Å². The first-order valence-electron chi connectivity index (χ1n) is 12.0. The molecule has 2 amide bonds. The van der Waals surface area contributed by atoms with Gasteiger partial charge in [-0.15, -0.1) is 0 Å². The molecule has 2 atom stereocenters. The number of aromatic nitrogens is 1. The number of anilines is 1. The van der Waals surface area contributed by atoms with Crippen molar-refractivity contribution in [3.8, 4) is 17.0 Å². The molecule has 4 rings (SSSR count). The van der Waals surface area contributed by atoms with E-state index in [-0.39, 0.29) is 53.8 Å². The number of alkyl halides is 3. The first kappa shape index (κ1) is 27.4. The highest BCUT2D eigenvalue weighted by atomic mass is 19.4. The zero-order chi connectivity index (χ0) is 27.8. The Morgan fingerprint density at radius 2 is 1.89 bits per heavy atom. The summed E-state index contributed by atoms with van der Waals surface area (Å²) >= 11 is 0. The predicted octanol–water partition coefficient (Wildman–Crippen LogP) is 4.73. The van der Waals surface area contributed by atoms with E-state index in [9.17, 15) is 36.6 Å². The summed E-state index contributed by atoms with van der Waals surface area (Å²) < 4.78 is 72.7. The Morgan fingerprint density at radius 3 is 2.47 bits per heavy atom. The van der Waals surface area contributed by atoms with E-state index in [1.807, 2.05) is 6.92 Å². The number of carbonyl (C=O) groups is 2. The van der Waals surface area contributed by atoms with Crippen molar-refractivity contribution in [2.75, 3.05) is 24.6 Å². The Labute approximate surface area is 215 Å². The van der Waals surface area contributed by atoms with Gasteiger partial charge in [0.25, 0.3) is 5.91 Å². The molecular formula is C25H27F5N4O4. The van der Waals surface area contributed by atoms with E-state index in [0.717, 1.165) is 31.2 Å². The van der Waals surface area contributed by atoms with Crippen molar-refractivity contribution in [2.24, 2.45) is 5.92 Å². The molecule has 0 radical (unpaired) electrons. The Kier molecular flexibility index (Phi) is 7.39. The van der Waals surface area contributed by atoms with E-state index in [4.69, 9.17) is 4.74 Å². The van der Waals surface area contributed by atoms with E-state index >= 15 is 0 Å². The van der Waals surface area contributed by atoms with Gasteiger partial charge in [-0.2, -0.15) is 13.2 Å². The Hall–Kier alpha value is -3.64. The first-order chi connectivity index (χ1) is 17.7. The number of halogens is 5. The molecule has 1 aromatic heterocycles. The number of nitrogens with one attached hydrogen (secondary N) is 2. The molecule has 206 valence electrons. The summed E-state index contributed by atoms with van der Waals surface area (Å²) in [5.74, 6) is -2.86. The van der Waals surface area contributed by atoms with E-state index in [1.54, 1.807) is 11.8 Å². The van der Waals surface area contributed by atoms with E-state index in [0.29, 0.717) is 6.07 Å². The first-order valence-corrected chi connectivity index (χ1v) is 12.0. The molecular weight excluding hydrogens is 515 g/mol. The zero-order valence-electron chi connectivity index (χ0n) is 20.7. The molecule has 1 saturated carbocycles. The molecule has 1 aromatic carbocycles. The topological polar surface area (TPSA) is 104 Å². The minimum Gasteiger partial charge on any atom is -0.468 e. The minimum atomic E-state index is -4.74. The van der Waals surface area contributed by atoms with Gasteiger partial charge in [-0.25, -0.2) is 18.6 Å². The molecule has 1 unspecified atom stereocenters. The summed E-state index contributed by atoms with van der Waals surface area (Å²) in [4.78, 5) is 30.3. The van der Waals surface area contributed by atoms with Crippen LogP contribution in [0.4, 0.5) is 32.4 Å². The highest BCUT2D eigenvalue weighted by Gasteiger charge is 2.39. The molecule has 2 aliphatic rings. The van der Waals surface area contributed by atoms with Crippen LogP contribution in [-0.2, 0) is 0 Å². The normalized spacial score (nSPS) is 20.2. The summed E-state index contributed by atoms with van der Waals surface area (Å²) in [5, 5.41) is 14.6. The minimum absolute atomic E-state index is 0.0191. The number of benzene rings is 1. The van der Waals surface area contributed by atoms with E-state index in [2.05, 4.69) is 15.6 Å². The van der Waals surface area contributed by atoms with Gasteiger partial charge in [0.1, 0.15) is 11.6 Å². The van der Waals surface area contributed by atoms with Gasteiger partial charge in [0.15, 0.2) is 6.61 Å². The van der Waals surface area contributed by atoms with E-state index in [1.165, 1.54) is 0 Å². The number of hydrogen-bond acceptors (Lipinski definition) is 5. The van der Waals surface area contributed by atoms with Gasteiger partial charge in [0.2, 0.25) is 5.88 Å². The van der Waals surface area contributed by atoms with Crippen LogP contribution in [0.2, 0.25) is 0 Å². The molecule has 1 aliphatic heterocycles. The van der Waals surface area contributed by atoms with Crippen molar-refractivity contribution in [2.45, 2.75) is 50.9 Å². The van der Waals surface area contributed by atoms with Gasteiger partial charge in [-0.1, -0.05) is 0 Å². The number of ether oxygens (including phenoxy) is 1. The van der Waals surface area contributed by atoms with Gasteiger partial charge in [-0.05, 0) is 56.7 Å². The maximum absolute atomic E-state index is 14.3. The second-order valence-corrected chi connectivity index (χ2v) is 10.0. The van der Waals surface area contributed by atoms with Crippen molar-refractivity contribution in [3.05, 3.63) is 41.6 Å². The SMILES string of the molecule is C[C@H](NC(=O)c1cnc(OCC(F)(F)F)c(-c2cc(F)cc(F)c2)c1N1CCC(C)(NC(=O)O)C1)C1CC1. The average molecular weight is 543 g/mol. The number of carbonyl (C=O) groups excluding carboxylic acids is 1. The predicted molar refractivity (Wildman–Crippen MR) is 127 cm³/mol. The molecule has 2 fully saturated rings. The molecule has 2 heterocycles. The smallest absolute Gasteiger partial charge is 0.422 e. The molecule has 1 saturated heterocycles. The van der Waals surface area contributed by atoms with Gasteiger partial charge in [0.05, 0.1) is 22.4 Å². The standard InChI is InChI=1S/C25H27F5N4O4/c1-13(14-3-4-14)32-21(35)18-10-31-22(38-12-25(28,29)30)19(15-7-16(26)9-17(27)8-15)20(18)34-6-5-24(2,11-34)33-23(36)37/h7-10,13-14,33H,3-6,11-12H2,1-2H3,(H,32,35)(H,36,37)/t13-,24?/m0/s1. The van der Waals surface area contributed by atoms with Gasteiger partial charge in [0, 0.05) is 31.4 Å². The summed E-state index contributed by atoms with van der Waals surface area (Å²) in [6, 6.07) is 2.22. The Bertz CT molecular complexity index is 1220.